The van der Waals surface area contributed by atoms with Crippen molar-refractivity contribution < 1.29 is 0 Å². The highest BCUT2D eigenvalue weighted by Gasteiger charge is 2.15. The highest BCUT2D eigenvalue weighted by Crippen LogP contribution is 2.24. The number of nitrogens with one attached hydrogen (secondary N) is 1. The van der Waals surface area contributed by atoms with Crippen molar-refractivity contribution in [1.82, 2.24) is 10.3 Å². The van der Waals surface area contributed by atoms with Crippen molar-refractivity contribution in [2.24, 2.45) is 5.92 Å². The van der Waals surface area contributed by atoms with Crippen LogP contribution in [0.2, 0.25) is 5.02 Å². The smallest absolute Gasteiger partial charge is 0.128 e. The molecule has 1 N–H and O–H groups in total. The van der Waals surface area contributed by atoms with Crippen molar-refractivity contribution in [3.05, 3.63) is 22.8 Å². The van der Waals surface area contributed by atoms with E-state index >= 15 is 0 Å². The van der Waals surface area contributed by atoms with E-state index in [1.54, 1.807) is 6.20 Å². The van der Waals surface area contributed by atoms with Crippen LogP contribution in [0.1, 0.15) is 31.7 Å². The molecular formula is C14H22ClN3. The summed E-state index contributed by atoms with van der Waals surface area (Å²) in [6.45, 7) is 5.34. The second kappa shape index (κ2) is 6.39. The standard InChI is InChI=1S/C14H22ClN3/c1-11-4-3-6-18(7-5-11)14-8-12(9-16-2)13(15)10-17-14/h8,10-11,16H,3-7,9H2,1-2H3. The molecule has 100 valence electrons. The molecule has 4 heteroatoms. The van der Waals surface area contributed by atoms with E-state index in [1.165, 1.54) is 19.3 Å². The molecular weight excluding hydrogens is 246 g/mol. The van der Waals surface area contributed by atoms with Gasteiger partial charge in [-0.3, -0.25) is 0 Å². The van der Waals surface area contributed by atoms with Gasteiger partial charge in [0.25, 0.3) is 0 Å². The van der Waals surface area contributed by atoms with Crippen LogP contribution < -0.4 is 10.2 Å². The van der Waals surface area contributed by atoms with Gasteiger partial charge in [0.2, 0.25) is 0 Å². The molecule has 18 heavy (non-hydrogen) atoms. The Kier molecular flexibility index (Phi) is 4.84. The van der Waals surface area contributed by atoms with Gasteiger partial charge in [0, 0.05) is 25.8 Å². The Bertz CT molecular complexity index is 395. The van der Waals surface area contributed by atoms with E-state index in [-0.39, 0.29) is 0 Å². The highest BCUT2D eigenvalue weighted by molar-refractivity contribution is 6.31. The molecule has 0 amide bonds. The third-order valence-electron chi connectivity index (χ3n) is 3.63. The monoisotopic (exact) mass is 267 g/mol. The maximum atomic E-state index is 6.15. The van der Waals surface area contributed by atoms with Gasteiger partial charge in [-0.25, -0.2) is 4.98 Å². The Hall–Kier alpha value is -0.800. The van der Waals surface area contributed by atoms with E-state index < -0.39 is 0 Å². The van der Waals surface area contributed by atoms with E-state index in [4.69, 9.17) is 11.6 Å². The third-order valence-corrected chi connectivity index (χ3v) is 3.97. The van der Waals surface area contributed by atoms with Crippen LogP contribution in [-0.4, -0.2) is 25.1 Å². The first kappa shape index (κ1) is 13.6. The number of anilines is 1. The number of rotatable bonds is 3. The molecule has 1 saturated heterocycles. The van der Waals surface area contributed by atoms with Crippen molar-refractivity contribution in [2.45, 2.75) is 32.7 Å². The lowest BCUT2D eigenvalue weighted by molar-refractivity contribution is 0.521. The molecule has 0 aliphatic carbocycles. The fourth-order valence-electron chi connectivity index (χ4n) is 2.46. The molecule has 1 fully saturated rings. The van der Waals surface area contributed by atoms with Gasteiger partial charge in [0.15, 0.2) is 0 Å². The van der Waals surface area contributed by atoms with Crippen molar-refractivity contribution in [3.8, 4) is 0 Å². The number of hydrogen-bond acceptors (Lipinski definition) is 3. The average Bonchev–Trinajstić information content (AvgIpc) is 2.57. The molecule has 2 heterocycles. The van der Waals surface area contributed by atoms with Crippen molar-refractivity contribution in [1.29, 1.82) is 0 Å². The molecule has 1 aromatic heterocycles. The highest BCUT2D eigenvalue weighted by atomic mass is 35.5. The minimum absolute atomic E-state index is 0.747. The lowest BCUT2D eigenvalue weighted by Crippen LogP contribution is -2.25. The van der Waals surface area contributed by atoms with Gasteiger partial charge < -0.3 is 10.2 Å². The molecule has 1 atom stereocenters. The van der Waals surface area contributed by atoms with Crippen LogP contribution in [0, 0.1) is 5.92 Å². The Balaban J connectivity index is 2.14. The van der Waals surface area contributed by atoms with Crippen molar-refractivity contribution >= 4 is 17.4 Å². The number of nitrogens with zero attached hydrogens (tertiary/aromatic N) is 2. The molecule has 3 nitrogen and oxygen atoms in total. The minimum Gasteiger partial charge on any atom is -0.357 e. The van der Waals surface area contributed by atoms with Gasteiger partial charge in [-0.2, -0.15) is 0 Å². The zero-order valence-corrected chi connectivity index (χ0v) is 12.0. The number of halogens is 1. The number of aromatic nitrogens is 1. The summed E-state index contributed by atoms with van der Waals surface area (Å²) in [7, 11) is 1.93. The molecule has 1 aromatic rings. The average molecular weight is 268 g/mol. The zero-order valence-electron chi connectivity index (χ0n) is 11.2. The summed E-state index contributed by atoms with van der Waals surface area (Å²) in [6, 6.07) is 2.12. The lowest BCUT2D eigenvalue weighted by atomic mass is 10.0. The minimum atomic E-state index is 0.747. The van der Waals surface area contributed by atoms with E-state index in [0.29, 0.717) is 0 Å². The first-order valence-corrected chi connectivity index (χ1v) is 7.12. The van der Waals surface area contributed by atoms with Crippen LogP contribution in [0.4, 0.5) is 5.82 Å². The summed E-state index contributed by atoms with van der Waals surface area (Å²) in [5.74, 6) is 1.90. The van der Waals surface area contributed by atoms with Gasteiger partial charge in [-0.15, -0.1) is 0 Å². The topological polar surface area (TPSA) is 28.2 Å². The summed E-state index contributed by atoms with van der Waals surface area (Å²) in [5.41, 5.74) is 1.13. The number of pyridine rings is 1. The van der Waals surface area contributed by atoms with Gasteiger partial charge in [-0.1, -0.05) is 18.5 Å². The molecule has 0 spiro atoms. The van der Waals surface area contributed by atoms with Gasteiger partial charge >= 0.3 is 0 Å². The predicted octanol–water partition coefficient (Wildman–Crippen LogP) is 3.08. The first-order valence-electron chi connectivity index (χ1n) is 6.74. The maximum Gasteiger partial charge on any atom is 0.128 e. The second-order valence-electron chi connectivity index (χ2n) is 5.19. The van der Waals surface area contributed by atoms with Gasteiger partial charge in [-0.05, 0) is 43.9 Å². The van der Waals surface area contributed by atoms with Crippen molar-refractivity contribution in [2.75, 3.05) is 25.0 Å². The van der Waals surface area contributed by atoms with E-state index in [9.17, 15) is 0 Å². The molecule has 0 saturated carbocycles. The first-order chi connectivity index (χ1) is 8.70. The Morgan fingerprint density at radius 1 is 1.44 bits per heavy atom. The van der Waals surface area contributed by atoms with E-state index in [2.05, 4.69) is 28.2 Å². The van der Waals surface area contributed by atoms with Gasteiger partial charge in [0.1, 0.15) is 5.82 Å². The van der Waals surface area contributed by atoms with Crippen LogP contribution in [0.3, 0.4) is 0 Å². The van der Waals surface area contributed by atoms with Gasteiger partial charge in [0.05, 0.1) is 5.02 Å². The van der Waals surface area contributed by atoms with Crippen LogP contribution in [0.15, 0.2) is 12.3 Å². The quantitative estimate of drug-likeness (QED) is 0.912. The molecule has 0 aromatic carbocycles. The van der Waals surface area contributed by atoms with Crippen LogP contribution in [-0.2, 0) is 6.54 Å². The molecule has 1 unspecified atom stereocenters. The largest absolute Gasteiger partial charge is 0.357 e. The summed E-state index contributed by atoms with van der Waals surface area (Å²) in [6.07, 6.45) is 5.61. The van der Waals surface area contributed by atoms with E-state index in [0.717, 1.165) is 42.0 Å². The third kappa shape index (κ3) is 3.36. The summed E-state index contributed by atoms with van der Waals surface area (Å²) < 4.78 is 0. The molecule has 1 aliphatic heterocycles. The fourth-order valence-corrected chi connectivity index (χ4v) is 2.63. The predicted molar refractivity (Wildman–Crippen MR) is 77.2 cm³/mol. The zero-order chi connectivity index (χ0) is 13.0. The molecule has 0 bridgehead atoms. The normalized spacial score (nSPS) is 20.8. The van der Waals surface area contributed by atoms with E-state index in [1.807, 2.05) is 7.05 Å². The molecule has 1 aliphatic rings. The molecule has 0 radical (unpaired) electrons. The number of hydrogen-bond donors (Lipinski definition) is 1. The van der Waals surface area contributed by atoms with Crippen LogP contribution >= 0.6 is 11.6 Å². The Morgan fingerprint density at radius 2 is 2.28 bits per heavy atom. The van der Waals surface area contributed by atoms with Crippen LogP contribution in [0.25, 0.3) is 0 Å². The van der Waals surface area contributed by atoms with Crippen molar-refractivity contribution in [3.63, 3.8) is 0 Å². The fraction of sp³-hybridized carbons (Fsp3) is 0.643. The Labute approximate surface area is 115 Å². The Morgan fingerprint density at radius 3 is 3.06 bits per heavy atom. The van der Waals surface area contributed by atoms with Crippen LogP contribution in [0.5, 0.6) is 0 Å². The maximum absolute atomic E-state index is 6.15. The summed E-state index contributed by atoms with van der Waals surface area (Å²) in [4.78, 5) is 6.87. The second-order valence-corrected chi connectivity index (χ2v) is 5.59. The summed E-state index contributed by atoms with van der Waals surface area (Å²) in [5, 5.41) is 3.89. The summed E-state index contributed by atoms with van der Waals surface area (Å²) >= 11 is 6.15. The lowest BCUT2D eigenvalue weighted by Gasteiger charge is -2.22. The molecule has 2 rings (SSSR count). The SMILES string of the molecule is CNCc1cc(N2CCCC(C)CC2)ncc1Cl.